The topological polar surface area (TPSA) is 31.4 Å². The van der Waals surface area contributed by atoms with Crippen LogP contribution in [0.2, 0.25) is 0 Å². The Morgan fingerprint density at radius 3 is 2.74 bits per heavy atom. The monoisotopic (exact) mass is 262 g/mol. The largest absolute Gasteiger partial charge is 0.359 e. The zero-order chi connectivity index (χ0) is 13.7. The lowest BCUT2D eigenvalue weighted by atomic mass is 10.2. The van der Waals surface area contributed by atoms with E-state index in [-0.39, 0.29) is 0 Å². The molecule has 0 unspecified atom stereocenters. The molecule has 2 rings (SSSR count). The van der Waals surface area contributed by atoms with Crippen LogP contribution in [0.5, 0.6) is 0 Å². The summed E-state index contributed by atoms with van der Waals surface area (Å²) in [5.74, 6) is 1.12. The van der Waals surface area contributed by atoms with E-state index in [1.54, 1.807) is 0 Å². The van der Waals surface area contributed by atoms with Gasteiger partial charge < -0.3 is 15.1 Å². The molecule has 1 N–H and O–H groups in total. The van der Waals surface area contributed by atoms with E-state index in [4.69, 9.17) is 0 Å². The Balaban J connectivity index is 1.89. The first-order valence-electron chi connectivity index (χ1n) is 7.20. The maximum atomic E-state index is 4.55. The number of pyridine rings is 1. The summed E-state index contributed by atoms with van der Waals surface area (Å²) in [4.78, 5) is 9.04. The number of hydrogen-bond donors (Lipinski definition) is 1. The lowest BCUT2D eigenvalue weighted by molar-refractivity contribution is 0.401. The van der Waals surface area contributed by atoms with Crippen molar-refractivity contribution in [1.82, 2.24) is 15.2 Å². The maximum absolute atomic E-state index is 4.55. The average molecular weight is 262 g/mol. The SMILES string of the molecule is CN(C)CCCN(C)c1ncccc1CNC1CC1. The third-order valence-electron chi connectivity index (χ3n) is 3.49. The van der Waals surface area contributed by atoms with Crippen LogP contribution < -0.4 is 10.2 Å². The van der Waals surface area contributed by atoms with Crippen LogP contribution in [0.4, 0.5) is 5.82 Å². The van der Waals surface area contributed by atoms with Crippen molar-refractivity contribution < 1.29 is 0 Å². The molecule has 0 atom stereocenters. The third-order valence-corrected chi connectivity index (χ3v) is 3.49. The minimum absolute atomic E-state index is 0.743. The number of hydrogen-bond acceptors (Lipinski definition) is 4. The molecule has 1 fully saturated rings. The fourth-order valence-electron chi connectivity index (χ4n) is 2.18. The lowest BCUT2D eigenvalue weighted by Crippen LogP contribution is -2.26. The molecule has 0 saturated heterocycles. The van der Waals surface area contributed by atoms with Gasteiger partial charge in [0.25, 0.3) is 0 Å². The van der Waals surface area contributed by atoms with Gasteiger partial charge >= 0.3 is 0 Å². The molecule has 0 amide bonds. The van der Waals surface area contributed by atoms with Gasteiger partial charge in [0, 0.05) is 37.9 Å². The standard InChI is InChI=1S/C15H26N4/c1-18(2)10-5-11-19(3)15-13(6-4-9-16-15)12-17-14-7-8-14/h4,6,9,14,17H,5,7-8,10-12H2,1-3H3. The Bertz CT molecular complexity index is 387. The van der Waals surface area contributed by atoms with Gasteiger partial charge in [0.15, 0.2) is 0 Å². The highest BCUT2D eigenvalue weighted by Gasteiger charge is 2.20. The Kier molecular flexibility index (Phi) is 5.16. The predicted octanol–water partition coefficient (Wildman–Crippen LogP) is 1.72. The van der Waals surface area contributed by atoms with E-state index in [1.165, 1.54) is 18.4 Å². The minimum atomic E-state index is 0.743. The number of anilines is 1. The van der Waals surface area contributed by atoms with E-state index in [1.807, 2.05) is 12.3 Å². The summed E-state index contributed by atoms with van der Waals surface area (Å²) in [5.41, 5.74) is 1.31. The minimum Gasteiger partial charge on any atom is -0.359 e. The van der Waals surface area contributed by atoms with Crippen LogP contribution in [0.3, 0.4) is 0 Å². The Hall–Kier alpha value is -1.13. The van der Waals surface area contributed by atoms with Gasteiger partial charge in [-0.3, -0.25) is 0 Å². The van der Waals surface area contributed by atoms with E-state index >= 15 is 0 Å². The van der Waals surface area contributed by atoms with Crippen LogP contribution in [0, 0.1) is 0 Å². The molecule has 1 aromatic rings. The Labute approximate surface area is 116 Å². The number of nitrogens with one attached hydrogen (secondary N) is 1. The second-order valence-corrected chi connectivity index (χ2v) is 5.72. The Morgan fingerprint density at radius 2 is 2.05 bits per heavy atom. The molecular weight excluding hydrogens is 236 g/mol. The van der Waals surface area contributed by atoms with E-state index in [2.05, 4.69) is 47.3 Å². The normalized spacial score (nSPS) is 14.9. The number of nitrogens with zero attached hydrogens (tertiary/aromatic N) is 3. The van der Waals surface area contributed by atoms with Crippen molar-refractivity contribution in [1.29, 1.82) is 0 Å². The van der Waals surface area contributed by atoms with E-state index < -0.39 is 0 Å². The quantitative estimate of drug-likeness (QED) is 0.773. The summed E-state index contributed by atoms with van der Waals surface area (Å²) >= 11 is 0. The van der Waals surface area contributed by atoms with Crippen LogP contribution in [-0.2, 0) is 6.54 Å². The highest BCUT2D eigenvalue weighted by Crippen LogP contribution is 2.21. The molecule has 1 saturated carbocycles. The van der Waals surface area contributed by atoms with Crippen molar-refractivity contribution in [2.24, 2.45) is 0 Å². The molecule has 19 heavy (non-hydrogen) atoms. The molecule has 4 heteroatoms. The third kappa shape index (κ3) is 4.80. The van der Waals surface area contributed by atoms with Crippen molar-refractivity contribution in [3.8, 4) is 0 Å². The first-order chi connectivity index (χ1) is 9.16. The van der Waals surface area contributed by atoms with Crippen molar-refractivity contribution in [2.75, 3.05) is 39.1 Å². The number of rotatable bonds is 8. The second kappa shape index (κ2) is 6.87. The average Bonchev–Trinajstić information content (AvgIpc) is 3.20. The van der Waals surface area contributed by atoms with Gasteiger partial charge in [-0.25, -0.2) is 4.98 Å². The summed E-state index contributed by atoms with van der Waals surface area (Å²) in [6.07, 6.45) is 5.70. The highest BCUT2D eigenvalue weighted by atomic mass is 15.2. The molecule has 0 aromatic carbocycles. The molecule has 0 spiro atoms. The van der Waals surface area contributed by atoms with Crippen LogP contribution in [0.15, 0.2) is 18.3 Å². The zero-order valence-electron chi connectivity index (χ0n) is 12.4. The summed E-state index contributed by atoms with van der Waals surface area (Å²) < 4.78 is 0. The maximum Gasteiger partial charge on any atom is 0.132 e. The molecule has 1 aliphatic carbocycles. The predicted molar refractivity (Wildman–Crippen MR) is 80.5 cm³/mol. The fraction of sp³-hybridized carbons (Fsp3) is 0.667. The van der Waals surface area contributed by atoms with Crippen molar-refractivity contribution in [3.05, 3.63) is 23.9 Å². The van der Waals surface area contributed by atoms with Crippen molar-refractivity contribution in [2.45, 2.75) is 31.8 Å². The zero-order valence-corrected chi connectivity index (χ0v) is 12.4. The molecule has 0 aliphatic heterocycles. The van der Waals surface area contributed by atoms with Gasteiger partial charge in [-0.2, -0.15) is 0 Å². The van der Waals surface area contributed by atoms with Crippen LogP contribution in [0.1, 0.15) is 24.8 Å². The van der Waals surface area contributed by atoms with Crippen LogP contribution in [0.25, 0.3) is 0 Å². The molecular formula is C15H26N4. The van der Waals surface area contributed by atoms with E-state index in [0.29, 0.717) is 0 Å². The van der Waals surface area contributed by atoms with E-state index in [9.17, 15) is 0 Å². The van der Waals surface area contributed by atoms with Crippen molar-refractivity contribution >= 4 is 5.82 Å². The van der Waals surface area contributed by atoms with Crippen LogP contribution in [-0.4, -0.2) is 50.2 Å². The summed E-state index contributed by atoms with van der Waals surface area (Å²) in [5, 5.41) is 3.57. The molecule has 4 nitrogen and oxygen atoms in total. The molecule has 0 radical (unpaired) electrons. The second-order valence-electron chi connectivity index (χ2n) is 5.72. The molecule has 106 valence electrons. The van der Waals surface area contributed by atoms with Gasteiger partial charge in [0.2, 0.25) is 0 Å². The van der Waals surface area contributed by atoms with Crippen molar-refractivity contribution in [3.63, 3.8) is 0 Å². The molecule has 0 bridgehead atoms. The van der Waals surface area contributed by atoms with Gasteiger partial charge in [0.1, 0.15) is 5.82 Å². The summed E-state index contributed by atoms with van der Waals surface area (Å²) in [6, 6.07) is 4.95. The highest BCUT2D eigenvalue weighted by molar-refractivity contribution is 5.45. The smallest absolute Gasteiger partial charge is 0.132 e. The first-order valence-corrected chi connectivity index (χ1v) is 7.20. The molecule has 1 aliphatic rings. The first kappa shape index (κ1) is 14.3. The van der Waals surface area contributed by atoms with Crippen LogP contribution >= 0.6 is 0 Å². The lowest BCUT2D eigenvalue weighted by Gasteiger charge is -2.22. The summed E-state index contributed by atoms with van der Waals surface area (Å²) in [7, 11) is 6.37. The molecule has 1 aromatic heterocycles. The molecule has 1 heterocycles. The number of aromatic nitrogens is 1. The van der Waals surface area contributed by atoms with Gasteiger partial charge in [-0.15, -0.1) is 0 Å². The summed E-state index contributed by atoms with van der Waals surface area (Å²) in [6.45, 7) is 3.10. The van der Waals surface area contributed by atoms with Gasteiger partial charge in [0.05, 0.1) is 0 Å². The Morgan fingerprint density at radius 1 is 1.26 bits per heavy atom. The van der Waals surface area contributed by atoms with E-state index in [0.717, 1.165) is 37.9 Å². The van der Waals surface area contributed by atoms with Gasteiger partial charge in [-0.1, -0.05) is 6.07 Å². The fourth-order valence-corrected chi connectivity index (χ4v) is 2.18. The van der Waals surface area contributed by atoms with Gasteiger partial charge in [-0.05, 0) is 46.0 Å².